The van der Waals surface area contributed by atoms with E-state index in [1.807, 2.05) is 0 Å². The Hall–Kier alpha value is -0.350. The van der Waals surface area contributed by atoms with Crippen molar-refractivity contribution in [2.45, 2.75) is 38.1 Å². The molecule has 0 heterocycles. The summed E-state index contributed by atoms with van der Waals surface area (Å²) in [5, 5.41) is 11.8. The van der Waals surface area contributed by atoms with E-state index >= 15 is 0 Å². The number of rotatable bonds is 3. The minimum Gasteiger partial charge on any atom is -0.314 e. The van der Waals surface area contributed by atoms with E-state index in [1.165, 1.54) is 12.1 Å². The summed E-state index contributed by atoms with van der Waals surface area (Å²) in [7, 11) is 1.57. The highest BCUT2D eigenvalue weighted by molar-refractivity contribution is 6.42. The van der Waals surface area contributed by atoms with Gasteiger partial charge in [-0.3, -0.25) is 0 Å². The normalized spacial score (nSPS) is 30.2. The molecule has 0 saturated heterocycles. The van der Waals surface area contributed by atoms with Gasteiger partial charge in [-0.05, 0) is 55.6 Å². The smallest absolute Gasteiger partial charge is 0.129 e. The second-order valence-corrected chi connectivity index (χ2v) is 7.03. The molecule has 3 rings (SSSR count). The van der Waals surface area contributed by atoms with Crippen molar-refractivity contribution in [2.75, 3.05) is 7.05 Å². The molecule has 2 aliphatic carbocycles. The van der Waals surface area contributed by atoms with Gasteiger partial charge in [0.15, 0.2) is 0 Å². The molecule has 2 aliphatic rings. The van der Waals surface area contributed by atoms with E-state index in [-0.39, 0.29) is 10.4 Å². The van der Waals surface area contributed by atoms with Gasteiger partial charge in [0.1, 0.15) is 5.82 Å². The molecule has 0 radical (unpaired) electrons. The predicted molar refractivity (Wildman–Crippen MR) is 77.7 cm³/mol. The van der Waals surface area contributed by atoms with Gasteiger partial charge in [-0.2, -0.15) is 5.06 Å². The number of benzene rings is 1. The van der Waals surface area contributed by atoms with E-state index in [1.54, 1.807) is 7.05 Å². The molecule has 0 amide bonds. The Balaban J connectivity index is 2.11. The van der Waals surface area contributed by atoms with Crippen molar-refractivity contribution in [3.8, 4) is 0 Å². The first-order valence-corrected chi connectivity index (χ1v) is 7.75. The number of hydroxylamine groups is 2. The highest BCUT2D eigenvalue weighted by Gasteiger charge is 2.52. The summed E-state index contributed by atoms with van der Waals surface area (Å²) in [5.74, 6) is 0.313. The van der Waals surface area contributed by atoms with Gasteiger partial charge in [0.05, 0.1) is 16.1 Å². The molecule has 2 nitrogen and oxygen atoms in total. The molecule has 1 N–H and O–H groups in total. The molecule has 1 aromatic carbocycles. The molecule has 110 valence electrons. The largest absolute Gasteiger partial charge is 0.314 e. The van der Waals surface area contributed by atoms with E-state index in [2.05, 4.69) is 0 Å². The average Bonchev–Trinajstić information content (AvgIpc) is 2.99. The lowest BCUT2D eigenvalue weighted by Crippen LogP contribution is -2.36. The summed E-state index contributed by atoms with van der Waals surface area (Å²) < 4.78 is 14.3. The summed E-state index contributed by atoms with van der Waals surface area (Å²) in [5.41, 5.74) is 0.260. The monoisotopic (exact) mass is 317 g/mol. The SMILES string of the molecule is CN(O)C(c1c(F)ccc(Cl)c1Cl)C12CCC(CC1)C2. The molecule has 0 aliphatic heterocycles. The first-order valence-electron chi connectivity index (χ1n) is 7.00. The fraction of sp³-hybridized carbons (Fsp3) is 0.600. The van der Waals surface area contributed by atoms with Gasteiger partial charge in [-0.25, -0.2) is 4.39 Å². The molecule has 1 atom stereocenters. The molecule has 20 heavy (non-hydrogen) atoms. The van der Waals surface area contributed by atoms with Crippen LogP contribution in [0, 0.1) is 17.2 Å². The van der Waals surface area contributed by atoms with Gasteiger partial charge in [-0.1, -0.05) is 23.2 Å². The Morgan fingerprint density at radius 2 is 2.00 bits per heavy atom. The molecule has 2 bridgehead atoms. The average molecular weight is 318 g/mol. The van der Waals surface area contributed by atoms with Crippen LogP contribution in [0.4, 0.5) is 4.39 Å². The van der Waals surface area contributed by atoms with Crippen molar-refractivity contribution in [1.29, 1.82) is 0 Å². The Kier molecular flexibility index (Phi) is 3.74. The molecule has 0 aromatic heterocycles. The molecule has 1 aromatic rings. The van der Waals surface area contributed by atoms with Gasteiger partial charge < -0.3 is 5.21 Å². The van der Waals surface area contributed by atoms with Gasteiger partial charge in [0.25, 0.3) is 0 Å². The van der Waals surface area contributed by atoms with Crippen molar-refractivity contribution < 1.29 is 9.60 Å². The van der Waals surface area contributed by atoms with Crippen molar-refractivity contribution in [1.82, 2.24) is 5.06 Å². The van der Waals surface area contributed by atoms with Crippen molar-refractivity contribution >= 4 is 23.2 Å². The molecule has 5 heteroatoms. The summed E-state index contributed by atoms with van der Waals surface area (Å²) in [6.07, 6.45) is 5.37. The lowest BCUT2D eigenvalue weighted by atomic mass is 9.74. The number of hydrogen-bond donors (Lipinski definition) is 1. The summed E-state index contributed by atoms with van der Waals surface area (Å²) in [4.78, 5) is 0. The quantitative estimate of drug-likeness (QED) is 0.621. The number of fused-ring (bicyclic) bond motifs is 2. The van der Waals surface area contributed by atoms with E-state index in [9.17, 15) is 9.60 Å². The number of halogens is 3. The maximum atomic E-state index is 14.3. The molecule has 2 fully saturated rings. The molecular formula is C15H18Cl2FNO. The standard InChI is InChI=1S/C15H18Cl2FNO/c1-19(20)14(15-6-4-9(8-15)5-7-15)12-11(18)3-2-10(16)13(12)17/h2-3,9,14,20H,4-8H2,1H3. The Morgan fingerprint density at radius 1 is 1.35 bits per heavy atom. The van der Waals surface area contributed by atoms with Crippen LogP contribution >= 0.6 is 23.2 Å². The van der Waals surface area contributed by atoms with Crippen LogP contribution in [0.3, 0.4) is 0 Å². The zero-order chi connectivity index (χ0) is 14.5. The lowest BCUT2D eigenvalue weighted by molar-refractivity contribution is -0.143. The summed E-state index contributed by atoms with van der Waals surface area (Å²) in [6, 6.07) is 2.36. The zero-order valence-corrected chi connectivity index (χ0v) is 12.9. The molecule has 0 spiro atoms. The fourth-order valence-electron chi connectivity index (χ4n) is 4.30. The minimum absolute atomic E-state index is 0.0800. The van der Waals surface area contributed by atoms with Gasteiger partial charge in [-0.15, -0.1) is 0 Å². The van der Waals surface area contributed by atoms with Gasteiger partial charge in [0, 0.05) is 12.6 Å². The molecule has 1 unspecified atom stereocenters. The second kappa shape index (κ2) is 5.13. The van der Waals surface area contributed by atoms with Crippen LogP contribution in [0.25, 0.3) is 0 Å². The third-order valence-electron chi connectivity index (χ3n) is 5.10. The van der Waals surface area contributed by atoms with Gasteiger partial charge >= 0.3 is 0 Å². The van der Waals surface area contributed by atoms with Crippen LogP contribution in [-0.2, 0) is 0 Å². The number of nitrogens with zero attached hydrogens (tertiary/aromatic N) is 1. The van der Waals surface area contributed by atoms with E-state index in [0.29, 0.717) is 16.5 Å². The van der Waals surface area contributed by atoms with Crippen LogP contribution in [0.1, 0.15) is 43.7 Å². The van der Waals surface area contributed by atoms with Crippen molar-refractivity contribution in [3.63, 3.8) is 0 Å². The predicted octanol–water partition coefficient (Wildman–Crippen LogP) is 5.07. The number of hydrogen-bond acceptors (Lipinski definition) is 2. The van der Waals surface area contributed by atoms with E-state index in [0.717, 1.165) is 37.2 Å². The lowest BCUT2D eigenvalue weighted by Gasteiger charge is -2.39. The Morgan fingerprint density at radius 3 is 2.50 bits per heavy atom. The third-order valence-corrected chi connectivity index (χ3v) is 5.92. The van der Waals surface area contributed by atoms with Crippen molar-refractivity contribution in [3.05, 3.63) is 33.6 Å². The highest BCUT2D eigenvalue weighted by Crippen LogP contribution is 2.62. The maximum Gasteiger partial charge on any atom is 0.129 e. The molecular weight excluding hydrogens is 300 g/mol. The summed E-state index contributed by atoms with van der Waals surface area (Å²) >= 11 is 12.3. The Bertz CT molecular complexity index is 527. The van der Waals surface area contributed by atoms with Crippen LogP contribution < -0.4 is 0 Å². The van der Waals surface area contributed by atoms with E-state index < -0.39 is 11.9 Å². The van der Waals surface area contributed by atoms with Crippen LogP contribution in [0.2, 0.25) is 10.0 Å². The first kappa shape index (κ1) is 14.6. The van der Waals surface area contributed by atoms with Crippen LogP contribution in [-0.4, -0.2) is 17.3 Å². The van der Waals surface area contributed by atoms with E-state index in [4.69, 9.17) is 23.2 Å². The summed E-state index contributed by atoms with van der Waals surface area (Å²) in [6.45, 7) is 0. The molecule has 2 saturated carbocycles. The maximum absolute atomic E-state index is 14.3. The second-order valence-electron chi connectivity index (χ2n) is 6.24. The van der Waals surface area contributed by atoms with Crippen LogP contribution in [0.15, 0.2) is 12.1 Å². The minimum atomic E-state index is -0.429. The topological polar surface area (TPSA) is 23.5 Å². The highest BCUT2D eigenvalue weighted by atomic mass is 35.5. The van der Waals surface area contributed by atoms with Crippen LogP contribution in [0.5, 0.6) is 0 Å². The van der Waals surface area contributed by atoms with Crippen molar-refractivity contribution in [2.24, 2.45) is 11.3 Å². The fourth-order valence-corrected chi connectivity index (χ4v) is 4.72. The van der Waals surface area contributed by atoms with Gasteiger partial charge in [0.2, 0.25) is 0 Å². The zero-order valence-electron chi connectivity index (χ0n) is 11.4. The third kappa shape index (κ3) is 2.16. The first-order chi connectivity index (χ1) is 9.44. The Labute approximate surface area is 128 Å².